The third-order valence-corrected chi connectivity index (χ3v) is 5.98. The van der Waals surface area contributed by atoms with Crippen molar-refractivity contribution in [2.75, 3.05) is 45.8 Å². The first-order valence-corrected chi connectivity index (χ1v) is 9.85. The molecular weight excluding hydrogens is 302 g/mol. The van der Waals surface area contributed by atoms with Gasteiger partial charge in [-0.15, -0.1) is 0 Å². The normalized spacial score (nSPS) is 20.7. The van der Waals surface area contributed by atoms with Crippen molar-refractivity contribution in [3.05, 3.63) is 0 Å². The molecule has 0 aromatic carbocycles. The molecule has 24 heavy (non-hydrogen) atoms. The van der Waals surface area contributed by atoms with Gasteiger partial charge < -0.3 is 14.7 Å². The van der Waals surface area contributed by atoms with Gasteiger partial charge in [-0.25, -0.2) is 0 Å². The van der Waals surface area contributed by atoms with Gasteiger partial charge in [0.15, 0.2) is 0 Å². The summed E-state index contributed by atoms with van der Waals surface area (Å²) in [5.74, 6) is 1.26. The number of hydrogen-bond donors (Lipinski definition) is 0. The van der Waals surface area contributed by atoms with Crippen LogP contribution in [-0.2, 0) is 9.59 Å². The Bertz CT molecular complexity index is 409. The second kappa shape index (κ2) is 9.40. The van der Waals surface area contributed by atoms with Gasteiger partial charge in [0.05, 0.1) is 0 Å². The molecule has 2 aliphatic rings. The number of rotatable bonds is 7. The number of amides is 2. The molecule has 1 unspecified atom stereocenters. The molecule has 1 saturated carbocycles. The van der Waals surface area contributed by atoms with Crippen LogP contribution in [0.3, 0.4) is 0 Å². The molecule has 5 nitrogen and oxygen atoms in total. The van der Waals surface area contributed by atoms with Gasteiger partial charge in [-0.3, -0.25) is 9.59 Å². The summed E-state index contributed by atoms with van der Waals surface area (Å²) in [4.78, 5) is 31.2. The maximum atomic E-state index is 12.7. The quantitative estimate of drug-likeness (QED) is 0.715. The lowest BCUT2D eigenvalue weighted by Crippen LogP contribution is -2.52. The Labute approximate surface area is 147 Å². The fraction of sp³-hybridized carbons (Fsp3) is 0.895. The van der Waals surface area contributed by atoms with Crippen LogP contribution in [0.5, 0.6) is 0 Å². The molecular formula is C19H35N3O2. The second-order valence-corrected chi connectivity index (χ2v) is 7.32. The van der Waals surface area contributed by atoms with E-state index in [2.05, 4.69) is 25.7 Å². The lowest BCUT2D eigenvalue weighted by Gasteiger charge is -2.37. The van der Waals surface area contributed by atoms with E-state index in [1.807, 2.05) is 9.80 Å². The van der Waals surface area contributed by atoms with Crippen LogP contribution in [0.2, 0.25) is 0 Å². The Morgan fingerprint density at radius 2 is 1.54 bits per heavy atom. The number of nitrogens with zero attached hydrogens (tertiary/aromatic N) is 3. The molecule has 1 aliphatic carbocycles. The molecule has 0 N–H and O–H groups in total. The lowest BCUT2D eigenvalue weighted by molar-refractivity contribution is -0.143. The van der Waals surface area contributed by atoms with Crippen molar-refractivity contribution in [1.29, 1.82) is 0 Å². The molecule has 1 saturated heterocycles. The third-order valence-electron chi connectivity index (χ3n) is 5.98. The molecule has 0 aromatic heterocycles. The van der Waals surface area contributed by atoms with Gasteiger partial charge >= 0.3 is 0 Å². The summed E-state index contributed by atoms with van der Waals surface area (Å²) in [5, 5.41) is 0. The van der Waals surface area contributed by atoms with Crippen molar-refractivity contribution in [3.63, 3.8) is 0 Å². The third kappa shape index (κ3) is 4.95. The highest BCUT2D eigenvalue weighted by atomic mass is 16.2. The Morgan fingerprint density at radius 1 is 1.00 bits per heavy atom. The summed E-state index contributed by atoms with van der Waals surface area (Å²) >= 11 is 0. The topological polar surface area (TPSA) is 43.9 Å². The Balaban J connectivity index is 1.74. The molecule has 5 heteroatoms. The van der Waals surface area contributed by atoms with E-state index >= 15 is 0 Å². The Hall–Kier alpha value is -1.10. The largest absolute Gasteiger partial charge is 0.339 e. The van der Waals surface area contributed by atoms with Crippen molar-refractivity contribution in [2.45, 2.75) is 52.9 Å². The minimum Gasteiger partial charge on any atom is -0.339 e. The summed E-state index contributed by atoms with van der Waals surface area (Å²) in [6.45, 7) is 12.0. The van der Waals surface area contributed by atoms with Gasteiger partial charge in [0.2, 0.25) is 11.8 Å². The monoisotopic (exact) mass is 337 g/mol. The molecule has 0 radical (unpaired) electrons. The SMILES string of the molecule is CCN(CC)CCC(=O)N1CCN(C(=O)C(C)C2CCCC2)CC1. The van der Waals surface area contributed by atoms with E-state index in [0.717, 1.165) is 19.6 Å². The van der Waals surface area contributed by atoms with Crippen molar-refractivity contribution >= 4 is 11.8 Å². The van der Waals surface area contributed by atoms with E-state index in [1.54, 1.807) is 0 Å². The van der Waals surface area contributed by atoms with Crippen LogP contribution >= 0.6 is 0 Å². The maximum Gasteiger partial charge on any atom is 0.225 e. The van der Waals surface area contributed by atoms with Crippen LogP contribution < -0.4 is 0 Å². The molecule has 1 heterocycles. The van der Waals surface area contributed by atoms with E-state index in [-0.39, 0.29) is 11.8 Å². The summed E-state index contributed by atoms with van der Waals surface area (Å²) in [6, 6.07) is 0. The fourth-order valence-electron chi connectivity index (χ4n) is 4.07. The van der Waals surface area contributed by atoms with E-state index in [1.165, 1.54) is 25.7 Å². The summed E-state index contributed by atoms with van der Waals surface area (Å²) in [7, 11) is 0. The summed E-state index contributed by atoms with van der Waals surface area (Å²) < 4.78 is 0. The van der Waals surface area contributed by atoms with E-state index < -0.39 is 0 Å². The first-order valence-electron chi connectivity index (χ1n) is 9.85. The van der Waals surface area contributed by atoms with Gasteiger partial charge in [-0.05, 0) is 31.8 Å². The maximum absolute atomic E-state index is 12.7. The molecule has 2 fully saturated rings. The highest BCUT2D eigenvalue weighted by Gasteiger charge is 2.32. The molecule has 1 aliphatic heterocycles. The molecule has 2 rings (SSSR count). The van der Waals surface area contributed by atoms with Crippen molar-refractivity contribution in [2.24, 2.45) is 11.8 Å². The van der Waals surface area contributed by atoms with Crippen molar-refractivity contribution in [3.8, 4) is 0 Å². The molecule has 0 aromatic rings. The van der Waals surface area contributed by atoms with Gasteiger partial charge in [0.1, 0.15) is 0 Å². The van der Waals surface area contributed by atoms with Crippen LogP contribution in [0.1, 0.15) is 52.9 Å². The first-order chi connectivity index (χ1) is 11.6. The van der Waals surface area contributed by atoms with Gasteiger partial charge in [0.25, 0.3) is 0 Å². The molecule has 138 valence electrons. The summed E-state index contributed by atoms with van der Waals surface area (Å²) in [6.07, 6.45) is 5.55. The van der Waals surface area contributed by atoms with Gasteiger partial charge in [-0.1, -0.05) is 33.6 Å². The minimum atomic E-state index is 0.150. The highest BCUT2D eigenvalue weighted by Crippen LogP contribution is 2.32. The first kappa shape index (κ1) is 19.2. The Kier molecular flexibility index (Phi) is 7.53. The zero-order chi connectivity index (χ0) is 17.5. The number of hydrogen-bond acceptors (Lipinski definition) is 3. The van der Waals surface area contributed by atoms with Gasteiger partial charge in [-0.2, -0.15) is 0 Å². The van der Waals surface area contributed by atoms with Crippen LogP contribution in [0.25, 0.3) is 0 Å². The predicted molar refractivity (Wildman–Crippen MR) is 96.7 cm³/mol. The van der Waals surface area contributed by atoms with Crippen molar-refractivity contribution < 1.29 is 9.59 Å². The zero-order valence-corrected chi connectivity index (χ0v) is 15.8. The van der Waals surface area contributed by atoms with Crippen LogP contribution in [0.15, 0.2) is 0 Å². The number of carbonyl (C=O) groups is 2. The van der Waals surface area contributed by atoms with Crippen LogP contribution in [0, 0.1) is 11.8 Å². The smallest absolute Gasteiger partial charge is 0.225 e. The summed E-state index contributed by atoms with van der Waals surface area (Å²) in [5.41, 5.74) is 0. The zero-order valence-electron chi connectivity index (χ0n) is 15.8. The average Bonchev–Trinajstić information content (AvgIpc) is 3.16. The highest BCUT2D eigenvalue weighted by molar-refractivity contribution is 5.80. The number of carbonyl (C=O) groups excluding carboxylic acids is 2. The van der Waals surface area contributed by atoms with E-state index in [0.29, 0.717) is 44.4 Å². The second-order valence-electron chi connectivity index (χ2n) is 7.32. The molecule has 0 bridgehead atoms. The molecule has 0 spiro atoms. The standard InChI is InChI=1S/C19H35N3O2/c1-4-20(5-2)11-10-18(23)21-12-14-22(15-13-21)19(24)16(3)17-8-6-7-9-17/h16-17H,4-15H2,1-3H3. The lowest BCUT2D eigenvalue weighted by atomic mass is 9.91. The van der Waals surface area contributed by atoms with Crippen molar-refractivity contribution in [1.82, 2.24) is 14.7 Å². The molecule has 2 amide bonds. The Morgan fingerprint density at radius 3 is 2.08 bits per heavy atom. The van der Waals surface area contributed by atoms with Crippen LogP contribution in [-0.4, -0.2) is 72.3 Å². The average molecular weight is 338 g/mol. The van der Waals surface area contributed by atoms with E-state index in [4.69, 9.17) is 0 Å². The fourth-order valence-corrected chi connectivity index (χ4v) is 4.07. The number of piperazine rings is 1. The minimum absolute atomic E-state index is 0.150. The molecule has 1 atom stereocenters. The predicted octanol–water partition coefficient (Wildman–Crippen LogP) is 2.22. The van der Waals surface area contributed by atoms with E-state index in [9.17, 15) is 9.59 Å². The van der Waals surface area contributed by atoms with Crippen LogP contribution in [0.4, 0.5) is 0 Å². The van der Waals surface area contributed by atoms with Gasteiger partial charge in [0, 0.05) is 45.1 Å².